The lowest BCUT2D eigenvalue weighted by Gasteiger charge is -2.38. The maximum absolute atomic E-state index is 13.6. The molecule has 2 heterocycles. The molecule has 0 aliphatic carbocycles. The molecule has 1 aromatic heterocycles. The Morgan fingerprint density at radius 1 is 1.10 bits per heavy atom. The number of likely N-dealkylation sites (N-methyl/N-ethyl adjacent to an activating group) is 1. The largest absolute Gasteiger partial charge is 0.348 e. The Bertz CT molecular complexity index is 1100. The van der Waals surface area contributed by atoms with Crippen LogP contribution in [0.15, 0.2) is 66.9 Å². The first-order valence-corrected chi connectivity index (χ1v) is 10.6. The van der Waals surface area contributed by atoms with Gasteiger partial charge in [0.2, 0.25) is 5.91 Å². The molecular formula is C24H23ClFN3O2. The Balaban J connectivity index is 1.60. The number of carbonyl (C=O) groups excluding carboxylic acids is 2. The van der Waals surface area contributed by atoms with E-state index in [1.54, 1.807) is 11.0 Å². The molecule has 2 amide bonds. The molecule has 2 aromatic carbocycles. The minimum Gasteiger partial charge on any atom is -0.348 e. The first-order valence-electron chi connectivity index (χ1n) is 10.2. The van der Waals surface area contributed by atoms with Gasteiger partial charge in [-0.15, -0.1) is 0 Å². The monoisotopic (exact) mass is 439 g/mol. The van der Waals surface area contributed by atoms with Crippen molar-refractivity contribution in [2.75, 3.05) is 19.6 Å². The highest BCUT2D eigenvalue weighted by Gasteiger charge is 2.33. The molecule has 160 valence electrons. The van der Waals surface area contributed by atoms with Crippen LogP contribution in [0.3, 0.4) is 0 Å². The number of rotatable bonds is 5. The Labute approximate surface area is 185 Å². The number of amides is 2. The highest BCUT2D eigenvalue weighted by molar-refractivity contribution is 6.30. The molecule has 1 atom stereocenters. The van der Waals surface area contributed by atoms with Gasteiger partial charge in [0.15, 0.2) is 0 Å². The average Bonchev–Trinajstić information content (AvgIpc) is 3.26. The van der Waals surface area contributed by atoms with Crippen LogP contribution in [0.25, 0.3) is 0 Å². The maximum Gasteiger partial charge on any atom is 0.254 e. The summed E-state index contributed by atoms with van der Waals surface area (Å²) in [5, 5.41) is 0.630. The van der Waals surface area contributed by atoms with Crippen LogP contribution < -0.4 is 0 Å². The van der Waals surface area contributed by atoms with Crippen molar-refractivity contribution < 1.29 is 14.0 Å². The van der Waals surface area contributed by atoms with E-state index in [1.807, 2.05) is 49.5 Å². The van der Waals surface area contributed by atoms with Gasteiger partial charge in [0.25, 0.3) is 5.91 Å². The molecule has 31 heavy (non-hydrogen) atoms. The van der Waals surface area contributed by atoms with Crippen LogP contribution in [-0.2, 0) is 11.3 Å². The summed E-state index contributed by atoms with van der Waals surface area (Å²) in [7, 11) is 0. The molecule has 0 bridgehead atoms. The highest BCUT2D eigenvalue weighted by Crippen LogP contribution is 2.33. The van der Waals surface area contributed by atoms with E-state index in [-0.39, 0.29) is 30.0 Å². The highest BCUT2D eigenvalue weighted by atomic mass is 35.5. The van der Waals surface area contributed by atoms with E-state index in [0.717, 1.165) is 11.3 Å². The van der Waals surface area contributed by atoms with Crippen molar-refractivity contribution in [2.24, 2.45) is 0 Å². The normalized spacial score (nSPS) is 15.5. The Morgan fingerprint density at radius 2 is 1.87 bits per heavy atom. The minimum atomic E-state index is -0.479. The summed E-state index contributed by atoms with van der Waals surface area (Å²) >= 11 is 6.06. The molecule has 3 aromatic rings. The molecule has 1 aliphatic rings. The fraction of sp³-hybridized carbons (Fsp3) is 0.250. The second-order valence-electron chi connectivity index (χ2n) is 7.50. The quantitative estimate of drug-likeness (QED) is 0.592. The van der Waals surface area contributed by atoms with E-state index < -0.39 is 5.82 Å². The predicted molar refractivity (Wildman–Crippen MR) is 117 cm³/mol. The number of hydrogen-bond acceptors (Lipinski definition) is 2. The first-order chi connectivity index (χ1) is 15.0. The standard InChI is InChI=1S/C24H23ClFN3O2/c1-2-27(24(31)18-5-3-6-20(26)15-18)16-22(30)29-14-13-28-12-4-7-21(28)23(29)17-8-10-19(25)11-9-17/h3-12,15,23H,2,13-14,16H2,1H3/t23-/m0/s1. The van der Waals surface area contributed by atoms with Gasteiger partial charge in [-0.05, 0) is 55.0 Å². The topological polar surface area (TPSA) is 45.6 Å². The third kappa shape index (κ3) is 4.35. The van der Waals surface area contributed by atoms with Gasteiger partial charge in [-0.2, -0.15) is 0 Å². The summed E-state index contributed by atoms with van der Waals surface area (Å²) in [5.41, 5.74) is 2.20. The van der Waals surface area contributed by atoms with Gasteiger partial charge in [0, 0.05) is 42.1 Å². The van der Waals surface area contributed by atoms with Gasteiger partial charge in [0.05, 0.1) is 6.04 Å². The molecule has 1 aliphatic heterocycles. The average molecular weight is 440 g/mol. The number of aromatic nitrogens is 1. The van der Waals surface area contributed by atoms with E-state index in [2.05, 4.69) is 4.57 Å². The summed E-state index contributed by atoms with van der Waals surface area (Å²) in [6.07, 6.45) is 2.01. The first kappa shape index (κ1) is 21.1. The van der Waals surface area contributed by atoms with E-state index in [1.165, 1.54) is 23.1 Å². The zero-order valence-electron chi connectivity index (χ0n) is 17.2. The molecule has 0 saturated carbocycles. The number of carbonyl (C=O) groups is 2. The smallest absolute Gasteiger partial charge is 0.254 e. The van der Waals surface area contributed by atoms with Gasteiger partial charge in [-0.1, -0.05) is 29.8 Å². The van der Waals surface area contributed by atoms with Crippen LogP contribution in [-0.4, -0.2) is 45.8 Å². The number of benzene rings is 2. The maximum atomic E-state index is 13.6. The summed E-state index contributed by atoms with van der Waals surface area (Å²) in [6, 6.07) is 16.7. The van der Waals surface area contributed by atoms with Gasteiger partial charge >= 0.3 is 0 Å². The van der Waals surface area contributed by atoms with Crippen LogP contribution in [0, 0.1) is 5.82 Å². The Morgan fingerprint density at radius 3 is 2.58 bits per heavy atom. The summed E-state index contributed by atoms with van der Waals surface area (Å²) in [6.45, 7) is 3.29. The summed E-state index contributed by atoms with van der Waals surface area (Å²) in [4.78, 5) is 29.5. The van der Waals surface area contributed by atoms with Crippen molar-refractivity contribution in [1.29, 1.82) is 0 Å². The van der Waals surface area contributed by atoms with Crippen LogP contribution >= 0.6 is 11.6 Å². The van der Waals surface area contributed by atoms with E-state index in [9.17, 15) is 14.0 Å². The Hall–Kier alpha value is -3.12. The van der Waals surface area contributed by atoms with Crippen molar-refractivity contribution in [3.8, 4) is 0 Å². The number of halogens is 2. The summed E-state index contributed by atoms with van der Waals surface area (Å²) < 4.78 is 15.7. The fourth-order valence-corrected chi connectivity index (χ4v) is 4.16. The van der Waals surface area contributed by atoms with Crippen LogP contribution in [0.1, 0.15) is 34.6 Å². The number of hydrogen-bond donors (Lipinski definition) is 0. The van der Waals surface area contributed by atoms with Crippen molar-refractivity contribution >= 4 is 23.4 Å². The molecule has 0 spiro atoms. The van der Waals surface area contributed by atoms with Crippen LogP contribution in [0.4, 0.5) is 4.39 Å². The molecule has 0 fully saturated rings. The minimum absolute atomic E-state index is 0.0728. The van der Waals surface area contributed by atoms with E-state index >= 15 is 0 Å². The molecule has 0 saturated heterocycles. The van der Waals surface area contributed by atoms with Gasteiger partial charge in [-0.25, -0.2) is 4.39 Å². The molecule has 0 N–H and O–H groups in total. The second kappa shape index (κ2) is 8.94. The molecule has 7 heteroatoms. The molecule has 4 rings (SSSR count). The Kier molecular flexibility index (Phi) is 6.09. The lowest BCUT2D eigenvalue weighted by Crippen LogP contribution is -2.48. The molecule has 0 radical (unpaired) electrons. The van der Waals surface area contributed by atoms with Gasteiger partial charge in [0.1, 0.15) is 12.4 Å². The second-order valence-corrected chi connectivity index (χ2v) is 7.93. The number of fused-ring (bicyclic) bond motifs is 1. The lowest BCUT2D eigenvalue weighted by atomic mass is 9.99. The SMILES string of the molecule is CCN(CC(=O)N1CCn2cccc2[C@@H]1c1ccc(Cl)cc1)C(=O)c1cccc(F)c1. The molecular weight excluding hydrogens is 417 g/mol. The third-order valence-corrected chi connectivity index (χ3v) is 5.86. The van der Waals surface area contributed by atoms with Crippen molar-refractivity contribution in [2.45, 2.75) is 19.5 Å². The zero-order valence-corrected chi connectivity index (χ0v) is 17.9. The lowest BCUT2D eigenvalue weighted by molar-refractivity contribution is -0.134. The van der Waals surface area contributed by atoms with Crippen LogP contribution in [0.5, 0.6) is 0 Å². The third-order valence-electron chi connectivity index (χ3n) is 5.61. The number of nitrogens with zero attached hydrogens (tertiary/aromatic N) is 3. The van der Waals surface area contributed by atoms with Crippen LogP contribution in [0.2, 0.25) is 5.02 Å². The molecule has 0 unspecified atom stereocenters. The van der Waals surface area contributed by atoms with E-state index in [4.69, 9.17) is 11.6 Å². The van der Waals surface area contributed by atoms with Crippen molar-refractivity contribution in [3.63, 3.8) is 0 Å². The van der Waals surface area contributed by atoms with E-state index in [0.29, 0.717) is 24.7 Å². The fourth-order valence-electron chi connectivity index (χ4n) is 4.03. The van der Waals surface area contributed by atoms with Gasteiger partial charge in [-0.3, -0.25) is 9.59 Å². The molecule has 5 nitrogen and oxygen atoms in total. The van der Waals surface area contributed by atoms with Crippen molar-refractivity contribution in [1.82, 2.24) is 14.4 Å². The van der Waals surface area contributed by atoms with Gasteiger partial charge < -0.3 is 14.4 Å². The predicted octanol–water partition coefficient (Wildman–Crippen LogP) is 4.37. The summed E-state index contributed by atoms with van der Waals surface area (Å²) in [5.74, 6) is -0.995. The zero-order chi connectivity index (χ0) is 22.0. The van der Waals surface area contributed by atoms with Crippen molar-refractivity contribution in [3.05, 3.63) is 94.5 Å².